The lowest BCUT2D eigenvalue weighted by Gasteiger charge is -2.35. The number of amides is 1. The van der Waals surface area contributed by atoms with Crippen LogP contribution in [0.15, 0.2) is 89.8 Å². The minimum Gasteiger partial charge on any atom is -0.475 e. The number of ether oxygens (including phenoxy) is 1. The first-order chi connectivity index (χ1) is 21.9. The third kappa shape index (κ3) is 6.72. The minimum atomic E-state index is -4.16. The number of nitrogens with one attached hydrogen (secondary N) is 1. The van der Waals surface area contributed by atoms with Gasteiger partial charge in [0.05, 0.1) is 34.4 Å². The van der Waals surface area contributed by atoms with Crippen molar-refractivity contribution in [3.8, 4) is 17.1 Å². The van der Waals surface area contributed by atoms with Crippen molar-refractivity contribution in [3.63, 3.8) is 0 Å². The number of anilines is 1. The van der Waals surface area contributed by atoms with Crippen LogP contribution in [0.25, 0.3) is 22.2 Å². The first-order valence-electron chi connectivity index (χ1n) is 15.2. The zero-order valence-electron chi connectivity index (χ0n) is 26.6. The number of carbonyl (C=O) groups excluding carboxylic acids is 1. The van der Waals surface area contributed by atoms with Crippen molar-refractivity contribution >= 4 is 32.8 Å². The lowest BCUT2D eigenvalue weighted by molar-refractivity contribution is 0.0509. The summed E-state index contributed by atoms with van der Waals surface area (Å²) in [5, 5.41) is 1.00. The van der Waals surface area contributed by atoms with Crippen LogP contribution >= 0.6 is 0 Å². The molecule has 1 atom stereocenters. The van der Waals surface area contributed by atoms with E-state index in [1.807, 2.05) is 68.4 Å². The number of rotatable bonds is 4. The Bertz CT molecular complexity index is 2040. The molecule has 3 heterocycles. The lowest BCUT2D eigenvalue weighted by atomic mass is 9.87. The van der Waals surface area contributed by atoms with Crippen LogP contribution in [-0.2, 0) is 16.6 Å². The van der Waals surface area contributed by atoms with E-state index >= 15 is 0 Å². The van der Waals surface area contributed by atoms with Gasteiger partial charge in [0, 0.05) is 22.6 Å². The largest absolute Gasteiger partial charge is 0.475 e. The van der Waals surface area contributed by atoms with Gasteiger partial charge in [-0.05, 0) is 67.1 Å². The normalized spacial score (nSPS) is 16.5. The number of benzene rings is 3. The molecular weight excluding hydrogens is 598 g/mol. The second-order valence-corrected chi connectivity index (χ2v) is 14.7. The number of pyridine rings is 1. The average molecular weight is 636 g/mol. The van der Waals surface area contributed by atoms with Gasteiger partial charge in [0.25, 0.3) is 15.9 Å². The van der Waals surface area contributed by atoms with Crippen LogP contribution in [0, 0.1) is 19.3 Å². The van der Waals surface area contributed by atoms with Gasteiger partial charge in [-0.15, -0.1) is 0 Å². The predicted molar refractivity (Wildman–Crippen MR) is 179 cm³/mol. The van der Waals surface area contributed by atoms with E-state index in [1.165, 1.54) is 12.1 Å². The highest BCUT2D eigenvalue weighted by Crippen LogP contribution is 2.32. The van der Waals surface area contributed by atoms with Crippen molar-refractivity contribution in [2.75, 3.05) is 11.3 Å². The molecule has 2 aromatic heterocycles. The summed E-state index contributed by atoms with van der Waals surface area (Å²) in [6.07, 6.45) is 0.601. The summed E-state index contributed by atoms with van der Waals surface area (Å²) in [7, 11) is -4.16. The van der Waals surface area contributed by atoms with Crippen LogP contribution in [0.2, 0.25) is 0 Å². The van der Waals surface area contributed by atoms with E-state index in [2.05, 4.69) is 35.5 Å². The lowest BCUT2D eigenvalue weighted by Crippen LogP contribution is -2.45. The topological polar surface area (TPSA) is 114 Å². The highest BCUT2D eigenvalue weighted by Gasteiger charge is 2.32. The quantitative estimate of drug-likeness (QED) is 0.227. The number of hydrogen-bond acceptors (Lipinski definition) is 7. The molecule has 4 bridgehead atoms. The van der Waals surface area contributed by atoms with Crippen LogP contribution in [0.1, 0.15) is 54.4 Å². The molecule has 10 heteroatoms. The molecule has 0 spiro atoms. The molecule has 0 unspecified atom stereocenters. The summed E-state index contributed by atoms with van der Waals surface area (Å²) in [4.78, 5) is 30.0. The second kappa shape index (κ2) is 12.2. The van der Waals surface area contributed by atoms with E-state index in [9.17, 15) is 13.2 Å². The molecule has 0 saturated heterocycles. The Hall–Kier alpha value is -4.83. The fraction of sp³-hybridized carbons (Fsp3) is 0.278. The molecule has 1 N–H and O–H groups in total. The fourth-order valence-electron chi connectivity index (χ4n) is 5.92. The maximum absolute atomic E-state index is 14.4. The Morgan fingerprint density at radius 3 is 2.39 bits per heavy atom. The maximum Gasteiger partial charge on any atom is 0.264 e. The standard InChI is InChI=1S/C36H37N5O4S/c1-23-10-8-11-24(2)33(23)31-19-32-39-35(38-31)40-46(43,44)29-14-9-13-26(18-29)34(42)41(28(22-45-32)20-36(3,4)5)21-27-17-16-25-12-6-7-15-30(25)37-27/h6-19,28H,20-22H2,1-5H3,(H,38,39,40)/t28-/m1/s1. The maximum atomic E-state index is 14.4. The average Bonchev–Trinajstić information content (AvgIpc) is 3.00. The van der Waals surface area contributed by atoms with Crippen LogP contribution < -0.4 is 9.46 Å². The van der Waals surface area contributed by atoms with E-state index in [0.717, 1.165) is 27.6 Å². The molecule has 0 saturated carbocycles. The van der Waals surface area contributed by atoms with Gasteiger partial charge < -0.3 is 9.64 Å². The van der Waals surface area contributed by atoms with Crippen LogP contribution in [-0.4, -0.2) is 46.8 Å². The zero-order valence-corrected chi connectivity index (χ0v) is 27.4. The molecule has 46 heavy (non-hydrogen) atoms. The number of nitrogens with zero attached hydrogens (tertiary/aromatic N) is 4. The molecule has 236 valence electrons. The second-order valence-electron chi connectivity index (χ2n) is 13.0. The number of aromatic nitrogens is 3. The third-order valence-corrected chi connectivity index (χ3v) is 9.34. The predicted octanol–water partition coefficient (Wildman–Crippen LogP) is 6.95. The molecule has 3 aromatic carbocycles. The van der Waals surface area contributed by atoms with Crippen LogP contribution in [0.3, 0.4) is 0 Å². The van der Waals surface area contributed by atoms with Gasteiger partial charge in [-0.25, -0.2) is 18.1 Å². The summed E-state index contributed by atoms with van der Waals surface area (Å²) < 4.78 is 36.2. The molecule has 1 aliphatic heterocycles. The van der Waals surface area contributed by atoms with Gasteiger partial charge in [-0.3, -0.25) is 9.78 Å². The van der Waals surface area contributed by atoms with Crippen LogP contribution in [0.5, 0.6) is 5.88 Å². The van der Waals surface area contributed by atoms with Gasteiger partial charge in [-0.2, -0.15) is 4.98 Å². The highest BCUT2D eigenvalue weighted by atomic mass is 32.2. The molecule has 0 fully saturated rings. The molecule has 6 rings (SSSR count). The molecule has 1 aliphatic rings. The monoisotopic (exact) mass is 635 g/mol. The molecule has 9 nitrogen and oxygen atoms in total. The summed E-state index contributed by atoms with van der Waals surface area (Å²) in [5.74, 6) is -0.236. The van der Waals surface area contributed by atoms with Gasteiger partial charge >= 0.3 is 0 Å². The summed E-state index contributed by atoms with van der Waals surface area (Å²) in [6, 6.07) is 25.0. The van der Waals surface area contributed by atoms with Crippen molar-refractivity contribution < 1.29 is 17.9 Å². The SMILES string of the molecule is Cc1cccc(C)c1-c1cc2nc(n1)NS(=O)(=O)c1cccc(c1)C(=O)N(Cc1ccc3ccccc3n1)[C@H](CC(C)(C)C)CO2. The number of sulfonamides is 1. The Balaban J connectivity index is 1.50. The molecule has 0 aliphatic carbocycles. The van der Waals surface area contributed by atoms with Crippen molar-refractivity contribution in [1.82, 2.24) is 19.9 Å². The fourth-order valence-corrected chi connectivity index (χ4v) is 6.91. The first kappa shape index (κ1) is 31.2. The first-order valence-corrected chi connectivity index (χ1v) is 16.7. The molecular formula is C36H37N5O4S. The van der Waals surface area contributed by atoms with E-state index < -0.39 is 16.1 Å². The smallest absolute Gasteiger partial charge is 0.264 e. The summed E-state index contributed by atoms with van der Waals surface area (Å²) in [6.45, 7) is 10.6. The van der Waals surface area contributed by atoms with Crippen molar-refractivity contribution in [3.05, 3.63) is 107 Å². The van der Waals surface area contributed by atoms with Crippen molar-refractivity contribution in [2.45, 2.75) is 58.5 Å². The Labute approximate surface area is 269 Å². The van der Waals surface area contributed by atoms with Gasteiger partial charge in [0.2, 0.25) is 11.8 Å². The Kier molecular flexibility index (Phi) is 8.24. The van der Waals surface area contributed by atoms with Gasteiger partial charge in [-0.1, -0.05) is 69.3 Å². The summed E-state index contributed by atoms with van der Waals surface area (Å²) >= 11 is 0. The summed E-state index contributed by atoms with van der Waals surface area (Å²) in [5.41, 5.74) is 4.96. The van der Waals surface area contributed by atoms with Crippen molar-refractivity contribution in [2.24, 2.45) is 5.41 Å². The van der Waals surface area contributed by atoms with E-state index in [4.69, 9.17) is 9.72 Å². The molecule has 1 amide bonds. The number of hydrogen-bond donors (Lipinski definition) is 1. The highest BCUT2D eigenvalue weighted by molar-refractivity contribution is 7.92. The van der Waals surface area contributed by atoms with Gasteiger partial charge in [0.1, 0.15) is 6.61 Å². The van der Waals surface area contributed by atoms with Crippen LogP contribution in [0.4, 0.5) is 5.95 Å². The van der Waals surface area contributed by atoms with E-state index in [1.54, 1.807) is 23.1 Å². The number of para-hydroxylation sites is 1. The van der Waals surface area contributed by atoms with E-state index in [0.29, 0.717) is 17.8 Å². The zero-order chi connectivity index (χ0) is 32.6. The number of aryl methyl sites for hydroxylation is 2. The Morgan fingerprint density at radius 2 is 1.63 bits per heavy atom. The van der Waals surface area contributed by atoms with Crippen molar-refractivity contribution in [1.29, 1.82) is 0 Å². The number of fused-ring (bicyclic) bond motifs is 5. The third-order valence-electron chi connectivity index (χ3n) is 8.02. The molecule has 0 radical (unpaired) electrons. The van der Waals surface area contributed by atoms with E-state index in [-0.39, 0.29) is 46.8 Å². The van der Waals surface area contributed by atoms with Gasteiger partial charge in [0.15, 0.2) is 0 Å². The number of carbonyl (C=O) groups is 1. The Morgan fingerprint density at radius 1 is 0.891 bits per heavy atom. The molecule has 5 aromatic rings. The minimum absolute atomic E-state index is 0.0720.